The fraction of sp³-hybridized carbons (Fsp3) is 0.174. The number of hydrogen-bond acceptors (Lipinski definition) is 6. The largest absolute Gasteiger partial charge is 0.361 e. The Morgan fingerprint density at radius 2 is 2.00 bits per heavy atom. The van der Waals surface area contributed by atoms with E-state index >= 15 is 0 Å². The lowest BCUT2D eigenvalue weighted by molar-refractivity contribution is -0.122. The monoisotopic (exact) mass is 460 g/mol. The van der Waals surface area contributed by atoms with Gasteiger partial charge in [0.1, 0.15) is 4.32 Å². The first-order chi connectivity index (χ1) is 15.7. The minimum absolute atomic E-state index is 0.0298. The maximum absolute atomic E-state index is 12.9. The van der Waals surface area contributed by atoms with Crippen LogP contribution in [-0.4, -0.2) is 47.3 Å². The molecule has 9 heteroatoms. The Kier molecular flexibility index (Phi) is 5.83. The van der Waals surface area contributed by atoms with E-state index in [0.717, 1.165) is 41.5 Å². The molecule has 0 atom stereocenters. The summed E-state index contributed by atoms with van der Waals surface area (Å²) in [7, 11) is 0. The summed E-state index contributed by atoms with van der Waals surface area (Å²) >= 11 is 6.82. The van der Waals surface area contributed by atoms with Gasteiger partial charge in [-0.15, -0.1) is 10.2 Å². The number of H-pyrrole nitrogens is 2. The van der Waals surface area contributed by atoms with Crippen LogP contribution in [0.1, 0.15) is 24.2 Å². The van der Waals surface area contributed by atoms with Crippen LogP contribution in [0.15, 0.2) is 59.6 Å². The van der Waals surface area contributed by atoms with E-state index in [0.29, 0.717) is 21.6 Å². The highest BCUT2D eigenvalue weighted by Gasteiger charge is 2.31. The number of tetrazole rings is 1. The molecule has 3 heterocycles. The summed E-state index contributed by atoms with van der Waals surface area (Å²) in [6.45, 7) is 0.593. The van der Waals surface area contributed by atoms with Crippen LogP contribution in [0, 0.1) is 0 Å². The van der Waals surface area contributed by atoms with Crippen molar-refractivity contribution in [1.29, 1.82) is 0 Å². The molecule has 1 fully saturated rings. The molecule has 4 aromatic rings. The Labute approximate surface area is 194 Å². The molecule has 160 valence electrons. The maximum atomic E-state index is 12.9. The van der Waals surface area contributed by atoms with E-state index < -0.39 is 0 Å². The molecule has 7 nitrogen and oxygen atoms in total. The Morgan fingerprint density at radius 1 is 1.09 bits per heavy atom. The second kappa shape index (κ2) is 9.05. The van der Waals surface area contributed by atoms with E-state index in [1.807, 2.05) is 24.4 Å². The van der Waals surface area contributed by atoms with Crippen LogP contribution in [0.2, 0.25) is 0 Å². The molecule has 2 aromatic carbocycles. The molecule has 1 saturated heterocycles. The van der Waals surface area contributed by atoms with Crippen LogP contribution in [0.25, 0.3) is 28.1 Å². The van der Waals surface area contributed by atoms with Crippen molar-refractivity contribution in [3.8, 4) is 11.1 Å². The van der Waals surface area contributed by atoms with Crippen molar-refractivity contribution in [3.05, 3.63) is 71.0 Å². The lowest BCUT2D eigenvalue weighted by Crippen LogP contribution is -2.29. The average Bonchev–Trinajstić information content (AvgIpc) is 3.54. The van der Waals surface area contributed by atoms with Gasteiger partial charge in [-0.25, -0.2) is 0 Å². The number of carbonyl (C=O) groups excluding carboxylic acids is 1. The van der Waals surface area contributed by atoms with Gasteiger partial charge < -0.3 is 4.98 Å². The van der Waals surface area contributed by atoms with Crippen molar-refractivity contribution < 1.29 is 4.79 Å². The molecule has 2 N–H and O–H groups in total. The minimum atomic E-state index is -0.0298. The number of unbranched alkanes of at least 4 members (excludes halogenated alkanes) is 1. The van der Waals surface area contributed by atoms with Gasteiger partial charge >= 0.3 is 0 Å². The van der Waals surface area contributed by atoms with Crippen molar-refractivity contribution in [3.63, 3.8) is 0 Å². The van der Waals surface area contributed by atoms with E-state index in [4.69, 9.17) is 12.2 Å². The lowest BCUT2D eigenvalue weighted by atomic mass is 10.0. The van der Waals surface area contributed by atoms with Crippen molar-refractivity contribution in [2.24, 2.45) is 0 Å². The molecule has 0 saturated carbocycles. The number of aromatic nitrogens is 5. The van der Waals surface area contributed by atoms with Crippen molar-refractivity contribution in [2.45, 2.75) is 19.3 Å². The predicted molar refractivity (Wildman–Crippen MR) is 131 cm³/mol. The fourth-order valence-corrected chi connectivity index (χ4v) is 5.03. The summed E-state index contributed by atoms with van der Waals surface area (Å²) in [5.74, 6) is 0.656. The standard InChI is InChI=1S/C23H20N6OS2/c30-22-20(32-23(31)29(22)11-2-1-6-21-25-27-28-26-21)13-15-4-3-5-17(12-15)18-8-7-16-9-10-24-19(16)14-18/h3-5,7-10,12-14,24H,1-2,6,11H2,(H,25,26,27,28). The molecule has 1 amide bonds. The number of hydrogen-bond donors (Lipinski definition) is 2. The topological polar surface area (TPSA) is 90.6 Å². The molecular weight excluding hydrogens is 440 g/mol. The van der Waals surface area contributed by atoms with Gasteiger partial charge in [0.15, 0.2) is 5.82 Å². The number of carbonyl (C=O) groups is 1. The maximum Gasteiger partial charge on any atom is 0.266 e. The molecular formula is C23H20N6OS2. The third kappa shape index (κ3) is 4.35. The van der Waals surface area contributed by atoms with Gasteiger partial charge in [0.2, 0.25) is 0 Å². The van der Waals surface area contributed by atoms with Gasteiger partial charge in [-0.05, 0) is 59.2 Å². The molecule has 0 bridgehead atoms. The van der Waals surface area contributed by atoms with Gasteiger partial charge in [-0.3, -0.25) is 9.69 Å². The summed E-state index contributed by atoms with van der Waals surface area (Å²) in [4.78, 5) is 18.5. The van der Waals surface area contributed by atoms with Gasteiger partial charge in [0.05, 0.1) is 4.91 Å². The molecule has 2 aromatic heterocycles. The van der Waals surface area contributed by atoms with E-state index in [2.05, 4.69) is 62.0 Å². The van der Waals surface area contributed by atoms with Crippen molar-refractivity contribution in [1.82, 2.24) is 30.5 Å². The first-order valence-electron chi connectivity index (χ1n) is 10.3. The number of nitrogens with zero attached hydrogens (tertiary/aromatic N) is 4. The Morgan fingerprint density at radius 3 is 2.88 bits per heavy atom. The third-order valence-corrected chi connectivity index (χ3v) is 6.75. The summed E-state index contributed by atoms with van der Waals surface area (Å²) in [5.41, 5.74) is 4.32. The van der Waals surface area contributed by atoms with Gasteiger partial charge in [0.25, 0.3) is 5.91 Å². The van der Waals surface area contributed by atoms with Gasteiger partial charge in [-0.1, -0.05) is 59.5 Å². The van der Waals surface area contributed by atoms with E-state index in [1.54, 1.807) is 4.90 Å². The zero-order valence-corrected chi connectivity index (χ0v) is 18.7. The molecule has 0 aliphatic carbocycles. The number of aromatic amines is 2. The summed E-state index contributed by atoms with van der Waals surface area (Å²) in [6.07, 6.45) is 6.28. The number of amides is 1. The van der Waals surface area contributed by atoms with E-state index in [1.165, 1.54) is 17.1 Å². The number of nitrogens with one attached hydrogen (secondary N) is 2. The Balaban J connectivity index is 1.27. The fourth-order valence-electron chi connectivity index (χ4n) is 3.72. The van der Waals surface area contributed by atoms with Crippen LogP contribution in [0.4, 0.5) is 0 Å². The van der Waals surface area contributed by atoms with Crippen LogP contribution >= 0.6 is 24.0 Å². The third-order valence-electron chi connectivity index (χ3n) is 5.37. The molecule has 5 rings (SSSR count). The second-order valence-electron chi connectivity index (χ2n) is 7.52. The SMILES string of the molecule is O=C1C(=Cc2cccc(-c3ccc4cc[nH]c4c3)c2)SC(=S)N1CCCCc1nn[nH]n1. The number of rotatable bonds is 7. The number of thioether (sulfide) groups is 1. The molecule has 32 heavy (non-hydrogen) atoms. The molecule has 1 aliphatic heterocycles. The first-order valence-corrected chi connectivity index (χ1v) is 11.6. The van der Waals surface area contributed by atoms with E-state index in [-0.39, 0.29) is 5.91 Å². The van der Waals surface area contributed by atoms with Crippen molar-refractivity contribution in [2.75, 3.05) is 6.54 Å². The molecule has 0 radical (unpaired) electrons. The molecule has 0 spiro atoms. The number of benzene rings is 2. The second-order valence-corrected chi connectivity index (χ2v) is 9.20. The zero-order valence-electron chi connectivity index (χ0n) is 17.1. The zero-order chi connectivity index (χ0) is 21.9. The average molecular weight is 461 g/mol. The lowest BCUT2D eigenvalue weighted by Gasteiger charge is -2.13. The Bertz CT molecular complexity index is 1310. The highest BCUT2D eigenvalue weighted by atomic mass is 32.2. The van der Waals surface area contributed by atoms with Gasteiger partial charge in [0, 0.05) is 24.7 Å². The Hall–Kier alpha value is -3.30. The summed E-state index contributed by atoms with van der Waals surface area (Å²) in [5, 5.41) is 15.1. The van der Waals surface area contributed by atoms with Crippen LogP contribution in [-0.2, 0) is 11.2 Å². The number of thiocarbonyl (C=S) groups is 1. The molecule has 1 aliphatic rings. The van der Waals surface area contributed by atoms with Crippen LogP contribution in [0.5, 0.6) is 0 Å². The predicted octanol–water partition coefficient (Wildman–Crippen LogP) is 4.57. The summed E-state index contributed by atoms with van der Waals surface area (Å²) < 4.78 is 0.606. The number of fused-ring (bicyclic) bond motifs is 1. The van der Waals surface area contributed by atoms with Gasteiger partial charge in [-0.2, -0.15) is 5.21 Å². The first kappa shape index (κ1) is 20.6. The summed E-state index contributed by atoms with van der Waals surface area (Å²) in [6, 6.07) is 16.6. The normalized spacial score (nSPS) is 15.4. The van der Waals surface area contributed by atoms with Crippen molar-refractivity contribution >= 4 is 51.2 Å². The van der Waals surface area contributed by atoms with Crippen LogP contribution in [0.3, 0.4) is 0 Å². The number of aryl methyl sites for hydroxylation is 1. The highest BCUT2D eigenvalue weighted by molar-refractivity contribution is 8.26. The smallest absolute Gasteiger partial charge is 0.266 e. The quantitative estimate of drug-likeness (QED) is 0.238. The van der Waals surface area contributed by atoms with Crippen LogP contribution < -0.4 is 0 Å². The van der Waals surface area contributed by atoms with E-state index in [9.17, 15) is 4.79 Å². The minimum Gasteiger partial charge on any atom is -0.361 e. The highest BCUT2D eigenvalue weighted by Crippen LogP contribution is 2.33. The molecule has 0 unspecified atom stereocenters.